The van der Waals surface area contributed by atoms with E-state index in [4.69, 9.17) is 25.8 Å². The monoisotopic (exact) mass is 422 g/mol. The van der Waals surface area contributed by atoms with Crippen molar-refractivity contribution in [3.05, 3.63) is 64.2 Å². The molecule has 0 aliphatic carbocycles. The van der Waals surface area contributed by atoms with E-state index in [1.807, 2.05) is 24.3 Å². The van der Waals surface area contributed by atoms with Crippen molar-refractivity contribution in [2.45, 2.75) is 36.1 Å². The molecule has 0 spiro atoms. The van der Waals surface area contributed by atoms with Gasteiger partial charge in [-0.1, -0.05) is 29.8 Å². The lowest BCUT2D eigenvalue weighted by Crippen LogP contribution is -2.65. The van der Waals surface area contributed by atoms with Crippen molar-refractivity contribution < 1.29 is 34.6 Å². The number of aliphatic hydroxyl groups excluding tert-OH is 4. The zero-order valence-corrected chi connectivity index (χ0v) is 16.5. The number of halogens is 1. The van der Waals surface area contributed by atoms with Crippen molar-refractivity contribution in [2.24, 2.45) is 0 Å². The minimum absolute atomic E-state index is 0.171. The molecule has 0 unspecified atom stereocenters. The second kappa shape index (κ2) is 7.52. The van der Waals surface area contributed by atoms with Gasteiger partial charge in [0.25, 0.3) is 0 Å². The van der Waals surface area contributed by atoms with Gasteiger partial charge in [0.05, 0.1) is 20.3 Å². The predicted molar refractivity (Wildman–Crippen MR) is 104 cm³/mol. The van der Waals surface area contributed by atoms with E-state index in [9.17, 15) is 20.4 Å². The lowest BCUT2D eigenvalue weighted by atomic mass is 9.83. The largest absolute Gasteiger partial charge is 0.497 e. The highest BCUT2D eigenvalue weighted by atomic mass is 35.5. The van der Waals surface area contributed by atoms with Crippen LogP contribution in [0.5, 0.6) is 5.75 Å². The van der Waals surface area contributed by atoms with E-state index in [-0.39, 0.29) is 6.61 Å². The Hall–Kier alpha value is -1.71. The normalized spacial score (nSPS) is 33.7. The van der Waals surface area contributed by atoms with Crippen LogP contribution < -0.4 is 4.74 Å². The van der Waals surface area contributed by atoms with Gasteiger partial charge < -0.3 is 34.6 Å². The molecule has 8 heteroatoms. The fourth-order valence-electron chi connectivity index (χ4n) is 3.97. The first-order valence-corrected chi connectivity index (χ1v) is 9.64. The molecule has 7 nitrogen and oxygen atoms in total. The van der Waals surface area contributed by atoms with Gasteiger partial charge in [-0.05, 0) is 41.8 Å². The van der Waals surface area contributed by atoms with Gasteiger partial charge in [0.2, 0.25) is 5.79 Å². The van der Waals surface area contributed by atoms with E-state index in [1.165, 1.54) is 0 Å². The first-order valence-electron chi connectivity index (χ1n) is 9.26. The topological polar surface area (TPSA) is 109 Å². The summed E-state index contributed by atoms with van der Waals surface area (Å²) in [5.74, 6) is -0.959. The minimum Gasteiger partial charge on any atom is -0.497 e. The van der Waals surface area contributed by atoms with Crippen LogP contribution in [0.2, 0.25) is 5.02 Å². The quantitative estimate of drug-likeness (QED) is 0.568. The van der Waals surface area contributed by atoms with Crippen molar-refractivity contribution in [3.8, 4) is 5.75 Å². The molecule has 2 fully saturated rings. The maximum Gasteiger partial charge on any atom is 0.225 e. The molecule has 2 heterocycles. The molecule has 2 aliphatic rings. The molecular formula is C21H23ClO7. The van der Waals surface area contributed by atoms with Gasteiger partial charge in [-0.2, -0.15) is 0 Å². The first kappa shape index (κ1) is 20.6. The zero-order valence-electron chi connectivity index (χ0n) is 15.8. The first-order chi connectivity index (χ1) is 13.8. The van der Waals surface area contributed by atoms with E-state index in [0.717, 1.165) is 16.9 Å². The maximum atomic E-state index is 10.7. The SMILES string of the molecule is COc1ccc(Cc2cc([C@@]34OC[C@](CO)(O3)[C@@H](O)[C@H](O)[C@@H]4O)ccc2Cl)cc1. The molecule has 4 rings (SSSR count). The van der Waals surface area contributed by atoms with Crippen LogP contribution in [0.1, 0.15) is 16.7 Å². The van der Waals surface area contributed by atoms with E-state index in [0.29, 0.717) is 17.0 Å². The number of rotatable bonds is 5. The molecule has 2 aromatic carbocycles. The second-order valence-electron chi connectivity index (χ2n) is 7.49. The van der Waals surface area contributed by atoms with Crippen LogP contribution in [0.4, 0.5) is 0 Å². The minimum atomic E-state index is -1.71. The lowest BCUT2D eigenvalue weighted by Gasteiger charge is -2.46. The Morgan fingerprint density at radius 1 is 1.10 bits per heavy atom. The molecule has 0 radical (unpaired) electrons. The van der Waals surface area contributed by atoms with Crippen LogP contribution in [0.25, 0.3) is 0 Å². The smallest absolute Gasteiger partial charge is 0.225 e. The van der Waals surface area contributed by atoms with E-state index >= 15 is 0 Å². The molecule has 4 N–H and O–H groups in total. The van der Waals surface area contributed by atoms with Crippen molar-refractivity contribution in [1.82, 2.24) is 0 Å². The average Bonchev–Trinajstić information content (AvgIpc) is 3.13. The van der Waals surface area contributed by atoms with Crippen LogP contribution in [0.3, 0.4) is 0 Å². The fraction of sp³-hybridized carbons (Fsp3) is 0.429. The highest BCUT2D eigenvalue weighted by Gasteiger charge is 2.67. The Morgan fingerprint density at radius 2 is 1.83 bits per heavy atom. The number of hydrogen-bond donors (Lipinski definition) is 4. The number of benzene rings is 2. The summed E-state index contributed by atoms with van der Waals surface area (Å²) in [6, 6.07) is 12.6. The number of ether oxygens (including phenoxy) is 3. The Kier molecular flexibility index (Phi) is 5.33. The number of aliphatic hydroxyl groups is 4. The van der Waals surface area contributed by atoms with Gasteiger partial charge in [-0.3, -0.25) is 0 Å². The molecule has 156 valence electrons. The Labute approximate surface area is 173 Å². The van der Waals surface area contributed by atoms with Crippen LogP contribution in [-0.2, 0) is 21.7 Å². The summed E-state index contributed by atoms with van der Waals surface area (Å²) in [6.07, 6.45) is -4.06. The summed E-state index contributed by atoms with van der Waals surface area (Å²) in [6.45, 7) is -0.735. The molecule has 0 saturated carbocycles. The van der Waals surface area contributed by atoms with Gasteiger partial charge >= 0.3 is 0 Å². The Morgan fingerprint density at radius 3 is 2.48 bits per heavy atom. The lowest BCUT2D eigenvalue weighted by molar-refractivity contribution is -0.329. The van der Waals surface area contributed by atoms with E-state index in [1.54, 1.807) is 25.3 Å². The number of fused-ring (bicyclic) bond motifs is 2. The summed E-state index contributed by atoms with van der Waals surface area (Å²) >= 11 is 6.39. The van der Waals surface area contributed by atoms with Gasteiger partial charge in [0, 0.05) is 10.6 Å². The molecule has 5 atom stereocenters. The van der Waals surface area contributed by atoms with Crippen LogP contribution in [-0.4, -0.2) is 64.7 Å². The molecule has 2 aromatic rings. The Bertz CT molecular complexity index is 889. The molecule has 2 saturated heterocycles. The van der Waals surface area contributed by atoms with Crippen LogP contribution in [0.15, 0.2) is 42.5 Å². The standard InChI is InChI=1S/C21H23ClO7/c1-27-15-5-2-12(3-6-15)8-13-9-14(4-7-16(13)22)21-19(26)17(24)18(25)20(10-23,29-21)11-28-21/h2-7,9,17-19,23-26H,8,10-11H2,1H3/t17-,18-,19-,20-,21+/m0/s1. The average molecular weight is 423 g/mol. The van der Waals surface area contributed by atoms with Crippen molar-refractivity contribution in [1.29, 1.82) is 0 Å². The number of hydrogen-bond acceptors (Lipinski definition) is 7. The predicted octanol–water partition coefficient (Wildman–Crippen LogP) is 0.966. The molecule has 2 bridgehead atoms. The van der Waals surface area contributed by atoms with Crippen molar-refractivity contribution >= 4 is 11.6 Å². The molecular weight excluding hydrogens is 400 g/mol. The van der Waals surface area contributed by atoms with Crippen molar-refractivity contribution in [3.63, 3.8) is 0 Å². The summed E-state index contributed by atoms with van der Waals surface area (Å²) in [5.41, 5.74) is 0.707. The second-order valence-corrected chi connectivity index (χ2v) is 7.90. The fourth-order valence-corrected chi connectivity index (χ4v) is 4.15. The zero-order chi connectivity index (χ0) is 20.8. The van der Waals surface area contributed by atoms with Crippen LogP contribution >= 0.6 is 11.6 Å². The molecule has 0 aromatic heterocycles. The molecule has 2 aliphatic heterocycles. The van der Waals surface area contributed by atoms with Gasteiger partial charge in [-0.15, -0.1) is 0 Å². The maximum absolute atomic E-state index is 10.7. The van der Waals surface area contributed by atoms with Crippen LogP contribution in [0, 0.1) is 0 Å². The summed E-state index contributed by atoms with van der Waals surface area (Å²) in [5, 5.41) is 41.6. The van der Waals surface area contributed by atoms with Gasteiger partial charge in [0.15, 0.2) is 0 Å². The molecule has 0 amide bonds. The summed E-state index contributed by atoms with van der Waals surface area (Å²) in [7, 11) is 1.60. The summed E-state index contributed by atoms with van der Waals surface area (Å²) < 4.78 is 16.8. The van der Waals surface area contributed by atoms with E-state index < -0.39 is 36.3 Å². The molecule has 29 heavy (non-hydrogen) atoms. The van der Waals surface area contributed by atoms with Gasteiger partial charge in [-0.25, -0.2) is 0 Å². The highest BCUT2D eigenvalue weighted by Crippen LogP contribution is 2.49. The number of methoxy groups -OCH3 is 1. The third-order valence-electron chi connectivity index (χ3n) is 5.73. The van der Waals surface area contributed by atoms with Crippen molar-refractivity contribution in [2.75, 3.05) is 20.3 Å². The Balaban J connectivity index is 1.69. The third kappa shape index (κ3) is 3.23. The summed E-state index contributed by atoms with van der Waals surface area (Å²) in [4.78, 5) is 0. The highest BCUT2D eigenvalue weighted by molar-refractivity contribution is 6.31. The van der Waals surface area contributed by atoms with E-state index in [2.05, 4.69) is 0 Å². The third-order valence-corrected chi connectivity index (χ3v) is 6.10. The van der Waals surface area contributed by atoms with Gasteiger partial charge in [0.1, 0.15) is 29.7 Å².